The van der Waals surface area contributed by atoms with Crippen LogP contribution in [-0.2, 0) is 25.5 Å². The SMILES string of the molecule is CCCC(Cc1cnc(C)s1)(C(=O)OCC)C(=O)OCC. The first kappa shape index (κ1) is 17.6. The van der Waals surface area contributed by atoms with E-state index in [1.54, 1.807) is 20.0 Å². The summed E-state index contributed by atoms with van der Waals surface area (Å²) in [4.78, 5) is 30.0. The Hall–Kier alpha value is -1.43. The monoisotopic (exact) mass is 313 g/mol. The third kappa shape index (κ3) is 4.27. The lowest BCUT2D eigenvalue weighted by molar-refractivity contribution is -0.172. The van der Waals surface area contributed by atoms with Gasteiger partial charge in [-0.25, -0.2) is 4.98 Å². The Balaban J connectivity index is 3.15. The van der Waals surface area contributed by atoms with Gasteiger partial charge in [-0.3, -0.25) is 9.59 Å². The Morgan fingerprint density at radius 1 is 1.19 bits per heavy atom. The van der Waals surface area contributed by atoms with Crippen LogP contribution in [0.15, 0.2) is 6.20 Å². The van der Waals surface area contributed by atoms with Crippen LogP contribution in [0, 0.1) is 12.3 Å². The van der Waals surface area contributed by atoms with E-state index < -0.39 is 17.4 Å². The Morgan fingerprint density at radius 3 is 2.14 bits per heavy atom. The van der Waals surface area contributed by atoms with E-state index in [-0.39, 0.29) is 19.6 Å². The van der Waals surface area contributed by atoms with Crippen molar-refractivity contribution in [2.75, 3.05) is 13.2 Å². The van der Waals surface area contributed by atoms with Crippen LogP contribution in [0.25, 0.3) is 0 Å². The van der Waals surface area contributed by atoms with Gasteiger partial charge < -0.3 is 9.47 Å². The number of aromatic nitrogens is 1. The molecule has 0 amide bonds. The van der Waals surface area contributed by atoms with Gasteiger partial charge in [0.2, 0.25) is 0 Å². The van der Waals surface area contributed by atoms with Crippen molar-refractivity contribution in [1.29, 1.82) is 0 Å². The van der Waals surface area contributed by atoms with Crippen molar-refractivity contribution in [1.82, 2.24) is 4.98 Å². The summed E-state index contributed by atoms with van der Waals surface area (Å²) >= 11 is 1.48. The number of hydrogen-bond donors (Lipinski definition) is 0. The van der Waals surface area contributed by atoms with E-state index >= 15 is 0 Å². The number of esters is 2. The van der Waals surface area contributed by atoms with Gasteiger partial charge in [-0.15, -0.1) is 11.3 Å². The van der Waals surface area contributed by atoms with Gasteiger partial charge in [0.05, 0.1) is 18.2 Å². The fourth-order valence-electron chi connectivity index (χ4n) is 2.27. The minimum absolute atomic E-state index is 0.241. The molecule has 118 valence electrons. The average molecular weight is 313 g/mol. The van der Waals surface area contributed by atoms with Crippen LogP contribution in [-0.4, -0.2) is 30.1 Å². The van der Waals surface area contributed by atoms with Crippen molar-refractivity contribution in [2.45, 2.75) is 47.0 Å². The van der Waals surface area contributed by atoms with E-state index in [0.29, 0.717) is 12.8 Å². The lowest BCUT2D eigenvalue weighted by Gasteiger charge is -2.28. The number of nitrogens with zero attached hydrogens (tertiary/aromatic N) is 1. The normalized spacial score (nSPS) is 11.2. The highest BCUT2D eigenvalue weighted by Crippen LogP contribution is 2.34. The second-order valence-corrected chi connectivity index (χ2v) is 6.11. The predicted molar refractivity (Wildman–Crippen MR) is 81.2 cm³/mol. The van der Waals surface area contributed by atoms with E-state index in [0.717, 1.165) is 9.88 Å². The summed E-state index contributed by atoms with van der Waals surface area (Å²) in [5.41, 5.74) is -1.26. The highest BCUT2D eigenvalue weighted by Gasteiger charge is 2.48. The topological polar surface area (TPSA) is 65.5 Å². The van der Waals surface area contributed by atoms with Crippen molar-refractivity contribution >= 4 is 23.3 Å². The minimum Gasteiger partial charge on any atom is -0.465 e. The number of thiazole rings is 1. The molecule has 1 aromatic rings. The maximum absolute atomic E-state index is 12.4. The average Bonchev–Trinajstić information content (AvgIpc) is 2.84. The first-order chi connectivity index (χ1) is 10.00. The van der Waals surface area contributed by atoms with Gasteiger partial charge in [0, 0.05) is 17.5 Å². The maximum atomic E-state index is 12.4. The zero-order chi connectivity index (χ0) is 15.9. The van der Waals surface area contributed by atoms with Gasteiger partial charge in [-0.2, -0.15) is 0 Å². The van der Waals surface area contributed by atoms with Crippen molar-refractivity contribution in [3.05, 3.63) is 16.1 Å². The summed E-state index contributed by atoms with van der Waals surface area (Å²) in [6.45, 7) is 7.78. The molecule has 5 nitrogen and oxygen atoms in total. The molecule has 0 fully saturated rings. The Kier molecular flexibility index (Phi) is 6.81. The number of ether oxygens (including phenoxy) is 2. The molecule has 6 heteroatoms. The molecule has 0 aliphatic rings. The Labute approximate surface area is 129 Å². The molecule has 0 bridgehead atoms. The number of hydrogen-bond acceptors (Lipinski definition) is 6. The molecule has 0 N–H and O–H groups in total. The second kappa shape index (κ2) is 8.12. The van der Waals surface area contributed by atoms with Crippen LogP contribution in [0.1, 0.15) is 43.5 Å². The zero-order valence-corrected chi connectivity index (χ0v) is 13.9. The summed E-state index contributed by atoms with van der Waals surface area (Å²) in [5.74, 6) is -1.01. The standard InChI is InChI=1S/C15H23NO4S/c1-5-8-15(13(17)19-6-2,14(18)20-7-3)9-12-10-16-11(4)21-12/h10H,5-9H2,1-4H3. The summed E-state index contributed by atoms with van der Waals surface area (Å²) in [6, 6.07) is 0. The van der Waals surface area contributed by atoms with Crippen molar-refractivity contribution in [3.8, 4) is 0 Å². The van der Waals surface area contributed by atoms with Crippen LogP contribution in [0.2, 0.25) is 0 Å². The van der Waals surface area contributed by atoms with Crippen LogP contribution < -0.4 is 0 Å². The van der Waals surface area contributed by atoms with Crippen LogP contribution in [0.5, 0.6) is 0 Å². The molecule has 0 atom stereocenters. The van der Waals surface area contributed by atoms with Crippen LogP contribution in [0.3, 0.4) is 0 Å². The van der Waals surface area contributed by atoms with E-state index in [4.69, 9.17) is 9.47 Å². The molecule has 0 spiro atoms. The minimum atomic E-state index is -1.26. The van der Waals surface area contributed by atoms with Gasteiger partial charge in [0.1, 0.15) is 0 Å². The zero-order valence-electron chi connectivity index (χ0n) is 13.1. The van der Waals surface area contributed by atoms with Gasteiger partial charge in [0.25, 0.3) is 0 Å². The molecule has 1 rings (SSSR count). The quantitative estimate of drug-likeness (QED) is 0.545. The molecule has 0 saturated carbocycles. The number of carbonyl (C=O) groups excluding carboxylic acids is 2. The molecule has 1 heterocycles. The molecule has 0 unspecified atom stereocenters. The van der Waals surface area contributed by atoms with Gasteiger partial charge >= 0.3 is 11.9 Å². The summed E-state index contributed by atoms with van der Waals surface area (Å²) < 4.78 is 10.3. The molecular weight excluding hydrogens is 290 g/mol. The largest absolute Gasteiger partial charge is 0.465 e. The molecule has 0 radical (unpaired) electrons. The van der Waals surface area contributed by atoms with Crippen molar-refractivity contribution in [2.24, 2.45) is 5.41 Å². The molecule has 0 aliphatic carbocycles. The van der Waals surface area contributed by atoms with E-state index in [9.17, 15) is 9.59 Å². The molecule has 1 aromatic heterocycles. The summed E-state index contributed by atoms with van der Waals surface area (Å²) in [6.07, 6.45) is 3.09. The van der Waals surface area contributed by atoms with E-state index in [1.807, 2.05) is 13.8 Å². The van der Waals surface area contributed by atoms with Gasteiger partial charge in [0.15, 0.2) is 5.41 Å². The Morgan fingerprint density at radius 2 is 1.76 bits per heavy atom. The Bertz CT molecular complexity index is 466. The van der Waals surface area contributed by atoms with Gasteiger partial charge in [-0.05, 0) is 27.2 Å². The molecule has 0 aliphatic heterocycles. The second-order valence-electron chi connectivity index (χ2n) is 4.80. The maximum Gasteiger partial charge on any atom is 0.323 e. The highest BCUT2D eigenvalue weighted by molar-refractivity contribution is 7.11. The van der Waals surface area contributed by atoms with Crippen LogP contribution in [0.4, 0.5) is 0 Å². The lowest BCUT2D eigenvalue weighted by Crippen LogP contribution is -2.43. The third-order valence-corrected chi connectivity index (χ3v) is 4.07. The van der Waals surface area contributed by atoms with Gasteiger partial charge in [-0.1, -0.05) is 13.3 Å². The van der Waals surface area contributed by atoms with E-state index in [2.05, 4.69) is 4.98 Å². The number of rotatable bonds is 8. The molecule has 21 heavy (non-hydrogen) atoms. The number of carbonyl (C=O) groups is 2. The first-order valence-electron chi connectivity index (χ1n) is 7.25. The smallest absolute Gasteiger partial charge is 0.323 e. The van der Waals surface area contributed by atoms with Crippen LogP contribution >= 0.6 is 11.3 Å². The van der Waals surface area contributed by atoms with Crippen molar-refractivity contribution < 1.29 is 19.1 Å². The first-order valence-corrected chi connectivity index (χ1v) is 8.07. The molecule has 0 aromatic carbocycles. The predicted octanol–water partition coefficient (Wildman–Crippen LogP) is 2.91. The third-order valence-electron chi connectivity index (χ3n) is 3.15. The fourth-order valence-corrected chi connectivity index (χ4v) is 3.18. The highest BCUT2D eigenvalue weighted by atomic mass is 32.1. The molecule has 0 saturated heterocycles. The molecular formula is C15H23NO4S. The fraction of sp³-hybridized carbons (Fsp3) is 0.667. The lowest BCUT2D eigenvalue weighted by atomic mass is 9.79. The summed E-state index contributed by atoms with van der Waals surface area (Å²) in [7, 11) is 0. The van der Waals surface area contributed by atoms with Crippen molar-refractivity contribution in [3.63, 3.8) is 0 Å². The summed E-state index contributed by atoms with van der Waals surface area (Å²) in [5, 5.41) is 0.906. The number of aryl methyl sites for hydroxylation is 1. The van der Waals surface area contributed by atoms with E-state index in [1.165, 1.54) is 11.3 Å².